The van der Waals surface area contributed by atoms with Crippen molar-refractivity contribution < 1.29 is 4.79 Å². The van der Waals surface area contributed by atoms with Crippen LogP contribution in [0.4, 0.5) is 5.95 Å². The number of anilines is 1. The summed E-state index contributed by atoms with van der Waals surface area (Å²) in [7, 11) is 0. The Morgan fingerprint density at radius 2 is 1.80 bits per heavy atom. The van der Waals surface area contributed by atoms with Crippen molar-refractivity contribution in [1.29, 1.82) is 0 Å². The average molecular weight is 471 g/mol. The van der Waals surface area contributed by atoms with Crippen LogP contribution in [0, 0.1) is 0 Å². The van der Waals surface area contributed by atoms with Crippen LogP contribution in [0.2, 0.25) is 0 Å². The summed E-state index contributed by atoms with van der Waals surface area (Å²) in [5, 5.41) is 0. The van der Waals surface area contributed by atoms with E-state index in [-0.39, 0.29) is 23.3 Å². The van der Waals surface area contributed by atoms with Gasteiger partial charge in [0.05, 0.1) is 24.3 Å². The number of aromatic nitrogens is 2. The zero-order valence-electron chi connectivity index (χ0n) is 20.5. The Hall–Kier alpha value is -3.25. The quantitative estimate of drug-likeness (QED) is 0.430. The van der Waals surface area contributed by atoms with Crippen LogP contribution < -0.4 is 16.4 Å². The number of unbranched alkanes of at least 4 members (excludes halogenated alkanes) is 1. The Balaban J connectivity index is 1.59. The van der Waals surface area contributed by atoms with E-state index in [1.54, 1.807) is 4.57 Å². The highest BCUT2D eigenvalue weighted by atomic mass is 16.1. The first-order chi connectivity index (χ1) is 17.1. The van der Waals surface area contributed by atoms with E-state index in [0.29, 0.717) is 18.9 Å². The molecule has 1 spiro atoms. The molecule has 1 fully saturated rings. The molecule has 1 saturated carbocycles. The third-order valence-corrected chi connectivity index (χ3v) is 7.54. The smallest absolute Gasteiger partial charge is 0.259 e. The highest BCUT2D eigenvalue weighted by Crippen LogP contribution is 2.49. The Bertz CT molecular complexity index is 1260. The molecule has 1 heterocycles. The summed E-state index contributed by atoms with van der Waals surface area (Å²) in [6.07, 6.45) is 7.65. The largest absolute Gasteiger partial charge is 0.298 e. The van der Waals surface area contributed by atoms with Crippen LogP contribution in [0.3, 0.4) is 0 Å². The number of Topliss-reactive ketones (excluding diaryl/α,β-unsaturated/α-hetero) is 1. The van der Waals surface area contributed by atoms with Crippen LogP contribution in [-0.2, 0) is 23.2 Å². The summed E-state index contributed by atoms with van der Waals surface area (Å²) in [4.78, 5) is 31.5. The first kappa shape index (κ1) is 23.5. The molecule has 0 aliphatic heterocycles. The fourth-order valence-corrected chi connectivity index (χ4v) is 5.76. The van der Waals surface area contributed by atoms with Crippen molar-refractivity contribution in [1.82, 2.24) is 15.0 Å². The van der Waals surface area contributed by atoms with Gasteiger partial charge in [-0.25, -0.2) is 10.4 Å². The molecule has 1 aromatic heterocycles. The molecule has 0 unspecified atom stereocenters. The number of carbonyl (C=O) groups is 1. The van der Waals surface area contributed by atoms with E-state index in [1.165, 1.54) is 5.56 Å². The maximum Gasteiger partial charge on any atom is 0.259 e. The van der Waals surface area contributed by atoms with Gasteiger partial charge in [0.25, 0.3) is 5.56 Å². The first-order valence-corrected chi connectivity index (χ1v) is 12.9. The minimum absolute atomic E-state index is 0.0249. The molecule has 0 amide bonds. The molecule has 0 atom stereocenters. The number of hydrogen-bond donors (Lipinski definition) is 2. The topological polar surface area (TPSA) is 76.0 Å². The monoisotopic (exact) mass is 470 g/mol. The van der Waals surface area contributed by atoms with Gasteiger partial charge in [-0.3, -0.25) is 19.6 Å². The molecule has 35 heavy (non-hydrogen) atoms. The number of benzene rings is 2. The Labute approximate surface area is 206 Å². The van der Waals surface area contributed by atoms with Gasteiger partial charge < -0.3 is 0 Å². The molecule has 5 rings (SSSR count). The summed E-state index contributed by atoms with van der Waals surface area (Å²) in [5.74, 6) is 0.593. The van der Waals surface area contributed by atoms with Gasteiger partial charge >= 0.3 is 0 Å². The van der Waals surface area contributed by atoms with Crippen molar-refractivity contribution >= 4 is 11.7 Å². The third kappa shape index (κ3) is 4.67. The Kier molecular flexibility index (Phi) is 6.82. The summed E-state index contributed by atoms with van der Waals surface area (Å²) in [6.45, 7) is 2.69. The number of rotatable bonds is 9. The van der Waals surface area contributed by atoms with Crippen molar-refractivity contribution in [3.05, 3.63) is 81.6 Å². The van der Waals surface area contributed by atoms with Crippen LogP contribution in [-0.4, -0.2) is 21.9 Å². The average Bonchev–Trinajstić information content (AvgIpc) is 3.33. The van der Waals surface area contributed by atoms with Gasteiger partial charge in [-0.15, -0.1) is 0 Å². The van der Waals surface area contributed by atoms with E-state index in [4.69, 9.17) is 4.98 Å². The molecule has 182 valence electrons. The van der Waals surface area contributed by atoms with Gasteiger partial charge in [0.2, 0.25) is 5.95 Å². The van der Waals surface area contributed by atoms with E-state index < -0.39 is 0 Å². The number of carbonyl (C=O) groups excluding carboxylic acids is 1. The van der Waals surface area contributed by atoms with Crippen molar-refractivity contribution in [2.24, 2.45) is 0 Å². The van der Waals surface area contributed by atoms with Crippen LogP contribution in [0.15, 0.2) is 59.4 Å². The summed E-state index contributed by atoms with van der Waals surface area (Å²) in [6, 6.07) is 18.3. The molecule has 2 aliphatic carbocycles. The molecular formula is C29H34N4O2. The molecule has 0 saturated heterocycles. The van der Waals surface area contributed by atoms with Gasteiger partial charge in [0, 0.05) is 17.4 Å². The van der Waals surface area contributed by atoms with Gasteiger partial charge in [-0.05, 0) is 36.8 Å². The normalized spacial score (nSPS) is 15.6. The van der Waals surface area contributed by atoms with Gasteiger partial charge in [-0.1, -0.05) is 80.8 Å². The van der Waals surface area contributed by atoms with Crippen LogP contribution in [0.1, 0.15) is 68.6 Å². The maximum atomic E-state index is 14.2. The molecule has 0 radical (unpaired) electrons. The van der Waals surface area contributed by atoms with E-state index in [9.17, 15) is 9.59 Å². The van der Waals surface area contributed by atoms with Gasteiger partial charge in [0.1, 0.15) is 5.78 Å². The maximum absolute atomic E-state index is 14.2. The van der Waals surface area contributed by atoms with Gasteiger partial charge in [-0.2, -0.15) is 0 Å². The Morgan fingerprint density at radius 3 is 2.57 bits per heavy atom. The van der Waals surface area contributed by atoms with Crippen molar-refractivity contribution in [2.45, 2.75) is 70.3 Å². The lowest BCUT2D eigenvalue weighted by Gasteiger charge is -2.36. The molecule has 2 aromatic carbocycles. The van der Waals surface area contributed by atoms with Crippen LogP contribution in [0.25, 0.3) is 11.3 Å². The highest BCUT2D eigenvalue weighted by Gasteiger charge is 2.44. The zero-order chi connectivity index (χ0) is 24.3. The SMILES string of the molecule is CCCCC(=O)CNNc1nc2c(c(=O)n1Cc1ccccc1)C1(CCCC1)Cc1ccccc1-2. The second kappa shape index (κ2) is 10.2. The number of hydrogen-bond acceptors (Lipinski definition) is 5. The molecule has 6 nitrogen and oxygen atoms in total. The minimum atomic E-state index is -0.145. The molecule has 0 bridgehead atoms. The molecule has 3 aromatic rings. The molecule has 6 heteroatoms. The summed E-state index contributed by atoms with van der Waals surface area (Å²) >= 11 is 0. The number of hydrazine groups is 1. The van der Waals surface area contributed by atoms with Crippen molar-refractivity contribution in [3.63, 3.8) is 0 Å². The Morgan fingerprint density at radius 1 is 1.06 bits per heavy atom. The lowest BCUT2D eigenvalue weighted by Crippen LogP contribution is -2.42. The lowest BCUT2D eigenvalue weighted by molar-refractivity contribution is -0.118. The lowest BCUT2D eigenvalue weighted by atomic mass is 9.68. The number of nitrogens with one attached hydrogen (secondary N) is 2. The van der Waals surface area contributed by atoms with Crippen LogP contribution >= 0.6 is 0 Å². The second-order valence-corrected chi connectivity index (χ2v) is 9.98. The third-order valence-electron chi connectivity index (χ3n) is 7.54. The second-order valence-electron chi connectivity index (χ2n) is 9.98. The van der Waals surface area contributed by atoms with Crippen molar-refractivity contribution in [3.8, 4) is 11.3 Å². The van der Waals surface area contributed by atoms with Crippen molar-refractivity contribution in [2.75, 3.05) is 12.0 Å². The predicted octanol–water partition coefficient (Wildman–Crippen LogP) is 5.00. The molecular weight excluding hydrogens is 436 g/mol. The molecule has 2 aliphatic rings. The molecule has 2 N–H and O–H groups in total. The van der Waals surface area contributed by atoms with E-state index in [1.807, 2.05) is 36.4 Å². The summed E-state index contributed by atoms with van der Waals surface area (Å²) in [5.41, 5.74) is 11.1. The zero-order valence-corrected chi connectivity index (χ0v) is 20.5. The van der Waals surface area contributed by atoms with Gasteiger partial charge in [0.15, 0.2) is 0 Å². The standard InChI is InChI=1S/C29H34N4O2/c1-2-3-14-23(34)19-30-32-28-31-26-24-15-8-7-13-22(24)18-29(16-9-10-17-29)25(26)27(35)33(28)20-21-11-5-4-6-12-21/h4-8,11-13,15,30H,2-3,9-10,14,16-20H2,1H3,(H,31,32). The minimum Gasteiger partial charge on any atom is -0.298 e. The fraction of sp³-hybridized carbons (Fsp3) is 0.414. The predicted molar refractivity (Wildman–Crippen MR) is 139 cm³/mol. The number of nitrogens with zero attached hydrogens (tertiary/aromatic N) is 2. The first-order valence-electron chi connectivity index (χ1n) is 12.9. The fourth-order valence-electron chi connectivity index (χ4n) is 5.76. The van der Waals surface area contributed by atoms with Crippen LogP contribution in [0.5, 0.6) is 0 Å². The number of ketones is 1. The van der Waals surface area contributed by atoms with E-state index in [2.05, 4.69) is 36.0 Å². The number of fused-ring (bicyclic) bond motifs is 4. The van der Waals surface area contributed by atoms with E-state index in [0.717, 1.165) is 67.3 Å². The van der Waals surface area contributed by atoms with E-state index >= 15 is 0 Å². The summed E-state index contributed by atoms with van der Waals surface area (Å²) < 4.78 is 1.74. The highest BCUT2D eigenvalue weighted by molar-refractivity contribution is 5.80.